The fraction of sp³-hybridized carbons (Fsp3) is 0.0317. The molecule has 0 radical (unpaired) electrons. The molecular formula is C63H42N4O. The van der Waals surface area contributed by atoms with Gasteiger partial charge in [0.05, 0.1) is 6.04 Å². The minimum atomic E-state index is 0.0691. The number of fused-ring (bicyclic) bond motifs is 7. The number of rotatable bonds is 8. The highest BCUT2D eigenvalue weighted by atomic mass is 16.3. The molecule has 11 aromatic rings. The van der Waals surface area contributed by atoms with Gasteiger partial charge in [0.25, 0.3) is 0 Å². The Morgan fingerprint density at radius 1 is 0.368 bits per heavy atom. The summed E-state index contributed by atoms with van der Waals surface area (Å²) in [4.78, 5) is 18.0. The van der Waals surface area contributed by atoms with Gasteiger partial charge in [-0.3, -0.25) is 0 Å². The van der Waals surface area contributed by atoms with Gasteiger partial charge >= 0.3 is 0 Å². The van der Waals surface area contributed by atoms with Crippen LogP contribution in [0.3, 0.4) is 0 Å². The third-order valence-electron chi connectivity index (χ3n) is 13.5. The molecule has 3 heterocycles. The average molecular weight is 871 g/mol. The zero-order chi connectivity index (χ0) is 45.0. The topological polar surface area (TPSA) is 55.1 Å². The number of hydrogen-bond donors (Lipinski definition) is 0. The molecule has 13 rings (SSSR count). The molecule has 5 nitrogen and oxygen atoms in total. The molecule has 0 fully saturated rings. The van der Waals surface area contributed by atoms with Crippen LogP contribution in [-0.2, 0) is 0 Å². The molecule has 2 aliphatic rings. The van der Waals surface area contributed by atoms with Crippen LogP contribution in [0.15, 0.2) is 241 Å². The standard InChI is InChI=1S/C63H42N4O/c1-4-15-41(16-5-1)45-21-12-22-46(37-45)44-29-32-52(33-30-44)67-55-28-11-10-27-53(55)59-56(67)35-36-57-60(59)54-34-31-51(40-58(54)68-57)63-65-61(49-25-13-23-47(38-49)42-17-6-2-7-18-42)64-62(66-63)50-26-14-24-48(39-50)43-19-8-3-9-20-43/h1-40,56,59H. The highest BCUT2D eigenvalue weighted by Gasteiger charge is 2.43. The number of para-hydroxylation sites is 1. The van der Waals surface area contributed by atoms with Crippen molar-refractivity contribution >= 4 is 28.4 Å². The van der Waals surface area contributed by atoms with E-state index in [9.17, 15) is 0 Å². The summed E-state index contributed by atoms with van der Waals surface area (Å²) in [7, 11) is 0. The van der Waals surface area contributed by atoms with Crippen LogP contribution < -0.4 is 4.90 Å². The zero-order valence-electron chi connectivity index (χ0n) is 36.9. The Morgan fingerprint density at radius 2 is 0.794 bits per heavy atom. The number of furan rings is 1. The average Bonchev–Trinajstić information content (AvgIpc) is 3.97. The summed E-state index contributed by atoms with van der Waals surface area (Å²) in [5.74, 6) is 2.75. The molecule has 2 aromatic heterocycles. The third kappa shape index (κ3) is 7.00. The van der Waals surface area contributed by atoms with E-state index in [1.807, 2.05) is 12.1 Å². The molecule has 0 amide bonds. The smallest absolute Gasteiger partial charge is 0.164 e. The second-order valence-electron chi connectivity index (χ2n) is 17.5. The summed E-state index contributed by atoms with van der Waals surface area (Å²) >= 11 is 0. The SMILES string of the molecule is C1=CC2C(c3ccccc3N2c2ccc(-c3cccc(-c4ccccc4)c3)cc2)c2c1oc1cc(-c3nc(-c4cccc(-c5ccccc5)c4)nc(-c4cccc(-c5ccccc5)c4)n3)ccc21. The molecule has 5 heteroatoms. The van der Waals surface area contributed by atoms with Crippen LogP contribution in [0.25, 0.3) is 95.7 Å². The molecule has 1 aliphatic carbocycles. The maximum atomic E-state index is 6.81. The molecule has 0 N–H and O–H groups in total. The van der Waals surface area contributed by atoms with Crippen molar-refractivity contribution in [3.8, 4) is 78.7 Å². The number of nitrogens with zero attached hydrogens (tertiary/aromatic N) is 4. The summed E-state index contributed by atoms with van der Waals surface area (Å²) in [5.41, 5.74) is 17.6. The highest BCUT2D eigenvalue weighted by molar-refractivity contribution is 5.92. The van der Waals surface area contributed by atoms with Gasteiger partial charge in [0.2, 0.25) is 0 Å². The van der Waals surface area contributed by atoms with Gasteiger partial charge in [-0.25, -0.2) is 15.0 Å². The van der Waals surface area contributed by atoms with E-state index in [0.717, 1.165) is 61.4 Å². The molecule has 0 saturated heterocycles. The first-order valence-electron chi connectivity index (χ1n) is 23.2. The van der Waals surface area contributed by atoms with Crippen molar-refractivity contribution in [2.75, 3.05) is 4.90 Å². The van der Waals surface area contributed by atoms with Crippen LogP contribution in [0.4, 0.5) is 11.4 Å². The van der Waals surface area contributed by atoms with Crippen LogP contribution in [0.5, 0.6) is 0 Å². The van der Waals surface area contributed by atoms with Gasteiger partial charge in [-0.05, 0) is 98.6 Å². The van der Waals surface area contributed by atoms with Gasteiger partial charge in [0, 0.05) is 44.9 Å². The maximum absolute atomic E-state index is 6.81. The van der Waals surface area contributed by atoms with E-state index < -0.39 is 0 Å². The highest BCUT2D eigenvalue weighted by Crippen LogP contribution is 2.54. The summed E-state index contributed by atoms with van der Waals surface area (Å²) in [6.07, 6.45) is 4.47. The normalized spacial score (nSPS) is 14.7. The predicted molar refractivity (Wildman–Crippen MR) is 277 cm³/mol. The first-order valence-corrected chi connectivity index (χ1v) is 23.2. The van der Waals surface area contributed by atoms with Crippen LogP contribution in [0.2, 0.25) is 0 Å². The summed E-state index contributed by atoms with van der Waals surface area (Å²) < 4.78 is 6.81. The van der Waals surface area contributed by atoms with Crippen LogP contribution in [0.1, 0.15) is 22.8 Å². The number of benzene rings is 9. The van der Waals surface area contributed by atoms with Gasteiger partial charge < -0.3 is 9.32 Å². The lowest BCUT2D eigenvalue weighted by atomic mass is 9.82. The van der Waals surface area contributed by atoms with Gasteiger partial charge in [0.1, 0.15) is 11.3 Å². The van der Waals surface area contributed by atoms with Crippen molar-refractivity contribution in [3.05, 3.63) is 253 Å². The zero-order valence-corrected chi connectivity index (χ0v) is 36.9. The Hall–Kier alpha value is -8.93. The Labute approximate surface area is 395 Å². The Balaban J connectivity index is 0.871. The van der Waals surface area contributed by atoms with E-state index in [1.165, 1.54) is 39.1 Å². The molecule has 2 unspecified atom stereocenters. The summed E-state index contributed by atoms with van der Waals surface area (Å²) in [6, 6.07) is 81.4. The van der Waals surface area contributed by atoms with Crippen molar-refractivity contribution in [3.63, 3.8) is 0 Å². The maximum Gasteiger partial charge on any atom is 0.164 e. The van der Waals surface area contributed by atoms with Crippen molar-refractivity contribution < 1.29 is 4.42 Å². The predicted octanol–water partition coefficient (Wildman–Crippen LogP) is 16.0. The van der Waals surface area contributed by atoms with Crippen LogP contribution >= 0.6 is 0 Å². The first-order chi connectivity index (χ1) is 33.7. The second kappa shape index (κ2) is 16.5. The molecular weight excluding hydrogens is 829 g/mol. The number of aromatic nitrogens is 3. The van der Waals surface area contributed by atoms with E-state index >= 15 is 0 Å². The largest absolute Gasteiger partial charge is 0.456 e. The number of anilines is 2. The molecule has 68 heavy (non-hydrogen) atoms. The Bertz CT molecular complexity index is 3590. The van der Waals surface area contributed by atoms with E-state index in [1.54, 1.807) is 0 Å². The lowest BCUT2D eigenvalue weighted by Gasteiger charge is -2.30. The fourth-order valence-electron chi connectivity index (χ4n) is 10.2. The van der Waals surface area contributed by atoms with Gasteiger partial charge in [0.15, 0.2) is 17.5 Å². The summed E-state index contributed by atoms with van der Waals surface area (Å²) in [5, 5.41) is 1.09. The Kier molecular flexibility index (Phi) is 9.57. The van der Waals surface area contributed by atoms with E-state index in [2.05, 4.69) is 235 Å². The lowest BCUT2D eigenvalue weighted by molar-refractivity contribution is 0.584. The van der Waals surface area contributed by atoms with Crippen molar-refractivity contribution in [1.82, 2.24) is 15.0 Å². The monoisotopic (exact) mass is 870 g/mol. The molecule has 9 aromatic carbocycles. The number of hydrogen-bond acceptors (Lipinski definition) is 5. The lowest BCUT2D eigenvalue weighted by Crippen LogP contribution is -2.30. The molecule has 2 atom stereocenters. The van der Waals surface area contributed by atoms with Gasteiger partial charge in [-0.2, -0.15) is 0 Å². The van der Waals surface area contributed by atoms with Gasteiger partial charge in [-0.1, -0.05) is 194 Å². The summed E-state index contributed by atoms with van der Waals surface area (Å²) in [6.45, 7) is 0. The van der Waals surface area contributed by atoms with E-state index in [0.29, 0.717) is 17.5 Å². The molecule has 0 bridgehead atoms. The minimum Gasteiger partial charge on any atom is -0.456 e. The second-order valence-corrected chi connectivity index (χ2v) is 17.5. The van der Waals surface area contributed by atoms with Crippen molar-refractivity contribution in [2.45, 2.75) is 12.0 Å². The van der Waals surface area contributed by atoms with E-state index in [-0.39, 0.29) is 12.0 Å². The quantitative estimate of drug-likeness (QED) is 0.152. The third-order valence-corrected chi connectivity index (χ3v) is 13.5. The minimum absolute atomic E-state index is 0.0691. The van der Waals surface area contributed by atoms with E-state index in [4.69, 9.17) is 19.4 Å². The molecule has 320 valence electrons. The molecule has 1 aliphatic heterocycles. The van der Waals surface area contributed by atoms with Gasteiger partial charge in [-0.15, -0.1) is 0 Å². The van der Waals surface area contributed by atoms with Crippen molar-refractivity contribution in [2.24, 2.45) is 0 Å². The first kappa shape index (κ1) is 39.4. The fourth-order valence-corrected chi connectivity index (χ4v) is 10.2. The van der Waals surface area contributed by atoms with Crippen LogP contribution in [0, 0.1) is 0 Å². The Morgan fingerprint density at radius 3 is 1.34 bits per heavy atom. The van der Waals surface area contributed by atoms with Crippen molar-refractivity contribution in [1.29, 1.82) is 0 Å². The molecule has 0 spiro atoms. The van der Waals surface area contributed by atoms with Crippen LogP contribution in [-0.4, -0.2) is 21.0 Å². The molecule has 0 saturated carbocycles.